The molecule has 118 valence electrons. The van der Waals surface area contributed by atoms with Gasteiger partial charge in [-0.1, -0.05) is 12.1 Å². The van der Waals surface area contributed by atoms with Crippen molar-refractivity contribution in [3.63, 3.8) is 0 Å². The van der Waals surface area contributed by atoms with Gasteiger partial charge in [0.15, 0.2) is 0 Å². The zero-order valence-electron chi connectivity index (χ0n) is 13.7. The summed E-state index contributed by atoms with van der Waals surface area (Å²) in [5.74, 6) is 0. The number of aromatic nitrogens is 2. The summed E-state index contributed by atoms with van der Waals surface area (Å²) in [6.45, 7) is 6.89. The molecule has 0 bridgehead atoms. The Morgan fingerprint density at radius 1 is 1.00 bits per heavy atom. The number of pyridine rings is 1. The molecule has 2 aromatic heterocycles. The van der Waals surface area contributed by atoms with Gasteiger partial charge in [-0.15, -0.1) is 0 Å². The van der Waals surface area contributed by atoms with Gasteiger partial charge in [-0.2, -0.15) is 0 Å². The molecule has 1 aromatic carbocycles. The second-order valence-corrected chi connectivity index (χ2v) is 6.49. The van der Waals surface area contributed by atoms with Crippen LogP contribution in [0.3, 0.4) is 0 Å². The first-order valence-electron chi connectivity index (χ1n) is 8.54. The maximum atomic E-state index is 4.22. The van der Waals surface area contributed by atoms with E-state index < -0.39 is 0 Å². The Kier molecular flexibility index (Phi) is 3.88. The van der Waals surface area contributed by atoms with Gasteiger partial charge in [0, 0.05) is 42.6 Å². The third-order valence-corrected chi connectivity index (χ3v) is 4.98. The second-order valence-electron chi connectivity index (χ2n) is 6.49. The third kappa shape index (κ3) is 2.77. The standard InChI is InChI=1S/C20H23N3/c1-16-15-21-9-7-17(16)18-5-4-6-20-19(18)8-12-23(20)14-13-22-10-2-3-11-22/h4-9,12,15H,2-3,10-11,13-14H2,1H3. The predicted molar refractivity (Wildman–Crippen MR) is 95.6 cm³/mol. The molecule has 0 aliphatic carbocycles. The van der Waals surface area contributed by atoms with Crippen molar-refractivity contribution in [2.45, 2.75) is 26.3 Å². The predicted octanol–water partition coefficient (Wildman–Crippen LogP) is 4.11. The highest BCUT2D eigenvalue weighted by molar-refractivity contribution is 5.96. The molecule has 0 radical (unpaired) electrons. The number of fused-ring (bicyclic) bond motifs is 1. The molecule has 3 aromatic rings. The summed E-state index contributed by atoms with van der Waals surface area (Å²) in [5.41, 5.74) is 5.15. The van der Waals surface area contributed by atoms with E-state index in [4.69, 9.17) is 0 Å². The van der Waals surface area contributed by atoms with Crippen LogP contribution in [-0.2, 0) is 6.54 Å². The SMILES string of the molecule is Cc1cnccc1-c1cccc2c1ccn2CCN1CCCC1. The number of rotatable bonds is 4. The number of benzene rings is 1. The molecule has 0 unspecified atom stereocenters. The van der Waals surface area contributed by atoms with E-state index in [0.29, 0.717) is 0 Å². The fourth-order valence-corrected chi connectivity index (χ4v) is 3.68. The minimum absolute atomic E-state index is 1.07. The summed E-state index contributed by atoms with van der Waals surface area (Å²) in [6, 6.07) is 11.0. The molecule has 1 aliphatic rings. The summed E-state index contributed by atoms with van der Waals surface area (Å²) in [5, 5.41) is 1.34. The molecule has 3 heteroatoms. The largest absolute Gasteiger partial charge is 0.346 e. The lowest BCUT2D eigenvalue weighted by Gasteiger charge is -2.15. The Balaban J connectivity index is 1.67. The average Bonchev–Trinajstić information content (AvgIpc) is 3.23. The fourth-order valence-electron chi connectivity index (χ4n) is 3.68. The quantitative estimate of drug-likeness (QED) is 0.723. The molecule has 0 atom stereocenters. The van der Waals surface area contributed by atoms with Crippen molar-refractivity contribution in [1.29, 1.82) is 0 Å². The molecular weight excluding hydrogens is 282 g/mol. The monoisotopic (exact) mass is 305 g/mol. The fraction of sp³-hybridized carbons (Fsp3) is 0.350. The lowest BCUT2D eigenvalue weighted by atomic mass is 9.99. The van der Waals surface area contributed by atoms with Crippen LogP contribution in [0.5, 0.6) is 0 Å². The van der Waals surface area contributed by atoms with Crippen LogP contribution in [0, 0.1) is 6.92 Å². The van der Waals surface area contributed by atoms with Crippen molar-refractivity contribution in [3.05, 3.63) is 54.5 Å². The van der Waals surface area contributed by atoms with E-state index in [1.807, 2.05) is 12.4 Å². The molecule has 1 aliphatic heterocycles. The normalized spacial score (nSPS) is 15.5. The Morgan fingerprint density at radius 3 is 2.70 bits per heavy atom. The smallest absolute Gasteiger partial charge is 0.0486 e. The van der Waals surface area contributed by atoms with Crippen LogP contribution in [-0.4, -0.2) is 34.1 Å². The van der Waals surface area contributed by atoms with Crippen LogP contribution in [0.4, 0.5) is 0 Å². The average molecular weight is 305 g/mol. The van der Waals surface area contributed by atoms with E-state index in [9.17, 15) is 0 Å². The summed E-state index contributed by atoms with van der Waals surface area (Å²) >= 11 is 0. The minimum atomic E-state index is 1.07. The Hall–Kier alpha value is -2.13. The zero-order valence-corrected chi connectivity index (χ0v) is 13.7. The van der Waals surface area contributed by atoms with Gasteiger partial charge in [-0.3, -0.25) is 4.98 Å². The molecule has 1 fully saturated rings. The highest BCUT2D eigenvalue weighted by Gasteiger charge is 2.13. The van der Waals surface area contributed by atoms with Crippen molar-refractivity contribution in [2.24, 2.45) is 0 Å². The molecule has 0 saturated carbocycles. The number of nitrogens with zero attached hydrogens (tertiary/aromatic N) is 3. The van der Waals surface area contributed by atoms with Gasteiger partial charge in [0.05, 0.1) is 0 Å². The number of likely N-dealkylation sites (tertiary alicyclic amines) is 1. The van der Waals surface area contributed by atoms with Gasteiger partial charge in [0.2, 0.25) is 0 Å². The minimum Gasteiger partial charge on any atom is -0.346 e. The van der Waals surface area contributed by atoms with E-state index in [2.05, 4.69) is 57.9 Å². The number of hydrogen-bond donors (Lipinski definition) is 0. The van der Waals surface area contributed by atoms with E-state index in [-0.39, 0.29) is 0 Å². The maximum absolute atomic E-state index is 4.22. The van der Waals surface area contributed by atoms with Crippen LogP contribution in [0.15, 0.2) is 48.9 Å². The Bertz CT molecular complexity index is 813. The molecule has 0 spiro atoms. The molecule has 3 heterocycles. The molecule has 4 rings (SSSR count). The van der Waals surface area contributed by atoms with Crippen molar-refractivity contribution in [3.8, 4) is 11.1 Å². The lowest BCUT2D eigenvalue weighted by Crippen LogP contribution is -2.23. The van der Waals surface area contributed by atoms with Gasteiger partial charge >= 0.3 is 0 Å². The Morgan fingerprint density at radius 2 is 1.87 bits per heavy atom. The summed E-state index contributed by atoms with van der Waals surface area (Å²) in [7, 11) is 0. The van der Waals surface area contributed by atoms with E-state index in [1.54, 1.807) is 0 Å². The van der Waals surface area contributed by atoms with E-state index in [0.717, 1.165) is 13.1 Å². The van der Waals surface area contributed by atoms with Gasteiger partial charge < -0.3 is 9.47 Å². The van der Waals surface area contributed by atoms with Gasteiger partial charge in [0.25, 0.3) is 0 Å². The van der Waals surface area contributed by atoms with Crippen LogP contribution >= 0.6 is 0 Å². The molecular formula is C20H23N3. The summed E-state index contributed by atoms with van der Waals surface area (Å²) in [6.07, 6.45) is 8.78. The summed E-state index contributed by atoms with van der Waals surface area (Å²) < 4.78 is 2.40. The second kappa shape index (κ2) is 6.17. The van der Waals surface area contributed by atoms with Crippen LogP contribution in [0.2, 0.25) is 0 Å². The number of aryl methyl sites for hydroxylation is 1. The molecule has 0 amide bonds. The number of hydrogen-bond acceptors (Lipinski definition) is 2. The van der Waals surface area contributed by atoms with Crippen molar-refractivity contribution in [2.75, 3.05) is 19.6 Å². The first kappa shape index (κ1) is 14.5. The zero-order chi connectivity index (χ0) is 15.6. The van der Waals surface area contributed by atoms with Crippen molar-refractivity contribution >= 4 is 10.9 Å². The van der Waals surface area contributed by atoms with Gasteiger partial charge in [0.1, 0.15) is 0 Å². The van der Waals surface area contributed by atoms with E-state index in [1.165, 1.54) is 53.5 Å². The highest BCUT2D eigenvalue weighted by atomic mass is 15.2. The van der Waals surface area contributed by atoms with Crippen molar-refractivity contribution in [1.82, 2.24) is 14.5 Å². The molecule has 0 N–H and O–H groups in total. The molecule has 1 saturated heterocycles. The topological polar surface area (TPSA) is 21.1 Å². The van der Waals surface area contributed by atoms with Crippen molar-refractivity contribution < 1.29 is 0 Å². The summed E-state index contributed by atoms with van der Waals surface area (Å²) in [4.78, 5) is 6.79. The first-order chi connectivity index (χ1) is 11.3. The van der Waals surface area contributed by atoms with Crippen LogP contribution in [0.25, 0.3) is 22.0 Å². The Labute approximate surface area is 137 Å². The van der Waals surface area contributed by atoms with Crippen LogP contribution < -0.4 is 0 Å². The van der Waals surface area contributed by atoms with Gasteiger partial charge in [-0.25, -0.2) is 0 Å². The first-order valence-corrected chi connectivity index (χ1v) is 8.54. The van der Waals surface area contributed by atoms with Crippen LogP contribution in [0.1, 0.15) is 18.4 Å². The molecule has 23 heavy (non-hydrogen) atoms. The third-order valence-electron chi connectivity index (χ3n) is 4.98. The molecule has 3 nitrogen and oxygen atoms in total. The highest BCUT2D eigenvalue weighted by Crippen LogP contribution is 2.31. The lowest BCUT2D eigenvalue weighted by molar-refractivity contribution is 0.324. The maximum Gasteiger partial charge on any atom is 0.0486 e. The van der Waals surface area contributed by atoms with E-state index >= 15 is 0 Å². The van der Waals surface area contributed by atoms with Gasteiger partial charge in [-0.05, 0) is 67.7 Å².